The summed E-state index contributed by atoms with van der Waals surface area (Å²) in [5, 5.41) is 2.84. The molecule has 0 spiro atoms. The Bertz CT molecular complexity index is 881. The minimum atomic E-state index is -0.319. The van der Waals surface area contributed by atoms with Crippen molar-refractivity contribution >= 4 is 35.8 Å². The third-order valence-electron chi connectivity index (χ3n) is 4.65. The van der Waals surface area contributed by atoms with Crippen LogP contribution in [0.2, 0.25) is 0 Å². The lowest BCUT2D eigenvalue weighted by molar-refractivity contribution is 0.0652. The minimum absolute atomic E-state index is 0. The molecule has 0 atom stereocenters. The molecule has 1 aliphatic heterocycles. The first-order valence-electron chi connectivity index (χ1n) is 9.14. The summed E-state index contributed by atoms with van der Waals surface area (Å²) in [4.78, 5) is 38.5. The van der Waals surface area contributed by atoms with Crippen LogP contribution < -0.4 is 11.1 Å². The van der Waals surface area contributed by atoms with Crippen molar-refractivity contribution in [3.8, 4) is 0 Å². The highest BCUT2D eigenvalue weighted by molar-refractivity contribution is 6.22. The third kappa shape index (κ3) is 4.51. The van der Waals surface area contributed by atoms with Gasteiger partial charge in [0.2, 0.25) is 0 Å². The van der Waals surface area contributed by atoms with Crippen LogP contribution in [0.15, 0.2) is 42.5 Å². The first-order chi connectivity index (χ1) is 13.0. The maximum Gasteiger partial charge on any atom is 0.261 e. The largest absolute Gasteiger partial charge is 0.399 e. The topological polar surface area (TPSA) is 92.5 Å². The lowest BCUT2D eigenvalue weighted by Crippen LogP contribution is -2.30. The molecule has 28 heavy (non-hydrogen) atoms. The number of imide groups is 1. The summed E-state index contributed by atoms with van der Waals surface area (Å²) in [6, 6.07) is 12.2. The standard InChI is InChI=1S/C21H23N3O3.ClH/c1-2-3-12-24-20(26)17-9-6-15(13-18(17)21(24)27)19(25)23-11-10-14-4-7-16(22)8-5-14;/h4-9,13H,2-3,10-12,22H2,1H3,(H,23,25);1H. The summed E-state index contributed by atoms with van der Waals surface area (Å²) in [7, 11) is 0. The SMILES string of the molecule is CCCCN1C(=O)c2ccc(C(=O)NCCc3ccc(N)cc3)cc2C1=O.Cl. The fraction of sp³-hybridized carbons (Fsp3) is 0.286. The van der Waals surface area contributed by atoms with Crippen molar-refractivity contribution in [1.82, 2.24) is 10.2 Å². The van der Waals surface area contributed by atoms with Gasteiger partial charge in [0.1, 0.15) is 0 Å². The van der Waals surface area contributed by atoms with E-state index in [1.807, 2.05) is 31.2 Å². The predicted molar refractivity (Wildman–Crippen MR) is 111 cm³/mol. The first-order valence-corrected chi connectivity index (χ1v) is 9.14. The molecular weight excluding hydrogens is 378 g/mol. The van der Waals surface area contributed by atoms with Gasteiger partial charge in [-0.1, -0.05) is 25.5 Å². The average Bonchev–Trinajstić information content (AvgIpc) is 2.91. The number of fused-ring (bicyclic) bond motifs is 1. The number of nitrogens with one attached hydrogen (secondary N) is 1. The summed E-state index contributed by atoms with van der Waals surface area (Å²) >= 11 is 0. The number of benzene rings is 2. The number of nitrogens with two attached hydrogens (primary N) is 1. The van der Waals surface area contributed by atoms with E-state index >= 15 is 0 Å². The van der Waals surface area contributed by atoms with Crippen LogP contribution in [0.4, 0.5) is 5.69 Å². The number of amides is 3. The molecule has 0 aromatic heterocycles. The smallest absolute Gasteiger partial charge is 0.261 e. The Balaban J connectivity index is 0.00000280. The van der Waals surface area contributed by atoms with Crippen LogP contribution in [0, 0.1) is 0 Å². The van der Waals surface area contributed by atoms with Gasteiger partial charge in [-0.05, 0) is 48.7 Å². The van der Waals surface area contributed by atoms with E-state index in [0.29, 0.717) is 41.9 Å². The molecule has 2 aromatic rings. The number of hydrogen-bond acceptors (Lipinski definition) is 4. The van der Waals surface area contributed by atoms with E-state index < -0.39 is 0 Å². The van der Waals surface area contributed by atoms with Gasteiger partial charge in [-0.25, -0.2) is 0 Å². The quantitative estimate of drug-likeness (QED) is 0.550. The van der Waals surface area contributed by atoms with Crippen LogP contribution in [0.25, 0.3) is 0 Å². The van der Waals surface area contributed by atoms with Crippen molar-refractivity contribution < 1.29 is 14.4 Å². The maximum absolute atomic E-state index is 12.5. The van der Waals surface area contributed by atoms with Crippen LogP contribution >= 0.6 is 12.4 Å². The molecule has 3 N–H and O–H groups in total. The Morgan fingerprint density at radius 2 is 1.71 bits per heavy atom. The summed E-state index contributed by atoms with van der Waals surface area (Å²) in [5.41, 5.74) is 8.49. The number of nitrogen functional groups attached to an aromatic ring is 1. The molecule has 0 fully saturated rings. The van der Waals surface area contributed by atoms with Gasteiger partial charge in [-0.15, -0.1) is 12.4 Å². The molecule has 7 heteroatoms. The van der Waals surface area contributed by atoms with Gasteiger partial charge >= 0.3 is 0 Å². The fourth-order valence-corrected chi connectivity index (χ4v) is 3.06. The first kappa shape index (κ1) is 21.4. The lowest BCUT2D eigenvalue weighted by atomic mass is 10.1. The summed E-state index contributed by atoms with van der Waals surface area (Å²) < 4.78 is 0. The Hall–Kier alpha value is -2.86. The zero-order valence-electron chi connectivity index (χ0n) is 15.7. The Labute approximate surface area is 170 Å². The predicted octanol–water partition coefficient (Wildman–Crippen LogP) is 3.06. The number of carbonyl (C=O) groups is 3. The van der Waals surface area contributed by atoms with Crippen molar-refractivity contribution in [2.75, 3.05) is 18.8 Å². The van der Waals surface area contributed by atoms with Crippen molar-refractivity contribution in [3.05, 3.63) is 64.7 Å². The highest BCUT2D eigenvalue weighted by Crippen LogP contribution is 2.24. The summed E-state index contributed by atoms with van der Waals surface area (Å²) in [5.74, 6) is -0.862. The summed E-state index contributed by atoms with van der Waals surface area (Å²) in [6.07, 6.45) is 2.35. The molecule has 0 saturated carbocycles. The van der Waals surface area contributed by atoms with Crippen LogP contribution in [-0.2, 0) is 6.42 Å². The second-order valence-electron chi connectivity index (χ2n) is 6.62. The molecule has 0 radical (unpaired) electrons. The average molecular weight is 402 g/mol. The van der Waals surface area contributed by atoms with Gasteiger partial charge in [0, 0.05) is 24.3 Å². The number of carbonyl (C=O) groups excluding carboxylic acids is 3. The normalized spacial score (nSPS) is 12.5. The molecule has 6 nitrogen and oxygen atoms in total. The number of rotatable bonds is 7. The number of nitrogens with zero attached hydrogens (tertiary/aromatic N) is 1. The van der Waals surface area contributed by atoms with Gasteiger partial charge < -0.3 is 11.1 Å². The van der Waals surface area contributed by atoms with Gasteiger partial charge in [0.25, 0.3) is 17.7 Å². The Morgan fingerprint density at radius 1 is 1.04 bits per heavy atom. The second kappa shape index (κ2) is 9.37. The molecule has 148 valence electrons. The molecule has 3 rings (SSSR count). The number of anilines is 1. The number of hydrogen-bond donors (Lipinski definition) is 2. The monoisotopic (exact) mass is 401 g/mol. The van der Waals surface area contributed by atoms with E-state index in [0.717, 1.165) is 18.4 Å². The van der Waals surface area contributed by atoms with Crippen LogP contribution in [-0.4, -0.2) is 35.7 Å². The molecule has 1 aliphatic rings. The minimum Gasteiger partial charge on any atom is -0.399 e. The molecule has 0 bridgehead atoms. The van der Waals surface area contributed by atoms with Crippen molar-refractivity contribution in [2.24, 2.45) is 0 Å². The highest BCUT2D eigenvalue weighted by Gasteiger charge is 2.35. The van der Waals surface area contributed by atoms with E-state index in [2.05, 4.69) is 5.32 Å². The molecule has 0 unspecified atom stereocenters. The molecule has 2 aromatic carbocycles. The van der Waals surface area contributed by atoms with Gasteiger partial charge in [-0.2, -0.15) is 0 Å². The van der Waals surface area contributed by atoms with Crippen molar-refractivity contribution in [3.63, 3.8) is 0 Å². The zero-order valence-corrected chi connectivity index (χ0v) is 16.6. The maximum atomic E-state index is 12.5. The number of unbranched alkanes of at least 4 members (excludes halogenated alkanes) is 1. The summed E-state index contributed by atoms with van der Waals surface area (Å²) in [6.45, 7) is 2.88. The van der Waals surface area contributed by atoms with E-state index in [9.17, 15) is 14.4 Å². The van der Waals surface area contributed by atoms with Crippen LogP contribution in [0.3, 0.4) is 0 Å². The fourth-order valence-electron chi connectivity index (χ4n) is 3.06. The Morgan fingerprint density at radius 3 is 2.39 bits per heavy atom. The molecule has 3 amide bonds. The zero-order chi connectivity index (χ0) is 19.4. The second-order valence-corrected chi connectivity index (χ2v) is 6.62. The van der Waals surface area contributed by atoms with E-state index in [1.165, 1.54) is 11.0 Å². The molecule has 0 saturated heterocycles. The lowest BCUT2D eigenvalue weighted by Gasteiger charge is -2.12. The van der Waals surface area contributed by atoms with Gasteiger partial charge in [0.05, 0.1) is 11.1 Å². The van der Waals surface area contributed by atoms with E-state index in [4.69, 9.17) is 5.73 Å². The molecule has 1 heterocycles. The van der Waals surface area contributed by atoms with Gasteiger partial charge in [0.15, 0.2) is 0 Å². The van der Waals surface area contributed by atoms with Crippen LogP contribution in [0.5, 0.6) is 0 Å². The highest BCUT2D eigenvalue weighted by atomic mass is 35.5. The van der Waals surface area contributed by atoms with Crippen molar-refractivity contribution in [1.29, 1.82) is 0 Å². The van der Waals surface area contributed by atoms with E-state index in [1.54, 1.807) is 12.1 Å². The third-order valence-corrected chi connectivity index (χ3v) is 4.65. The van der Waals surface area contributed by atoms with Gasteiger partial charge in [-0.3, -0.25) is 19.3 Å². The Kier molecular flexibility index (Phi) is 7.18. The van der Waals surface area contributed by atoms with Crippen LogP contribution in [0.1, 0.15) is 56.4 Å². The van der Waals surface area contributed by atoms with E-state index in [-0.39, 0.29) is 30.1 Å². The molecule has 0 aliphatic carbocycles. The number of halogens is 1. The molecular formula is C21H24ClN3O3. The van der Waals surface area contributed by atoms with Crippen molar-refractivity contribution in [2.45, 2.75) is 26.2 Å².